The maximum atomic E-state index is 13.5. The Balaban J connectivity index is 1.78. The predicted molar refractivity (Wildman–Crippen MR) is 122 cm³/mol. The maximum Gasteiger partial charge on any atom is 0.267 e. The summed E-state index contributed by atoms with van der Waals surface area (Å²) in [6.45, 7) is 4.03. The zero-order chi connectivity index (χ0) is 20.7. The number of benzene rings is 3. The zero-order valence-electron chi connectivity index (χ0n) is 16.7. The minimum Gasteiger partial charge on any atom is -0.268 e. The molecule has 0 saturated carbocycles. The van der Waals surface area contributed by atoms with Crippen LogP contribution in [0.1, 0.15) is 16.7 Å². The number of rotatable bonds is 4. The lowest BCUT2D eigenvalue weighted by molar-refractivity contribution is 0.925. The molecule has 5 rings (SSSR count). The molecule has 5 aromatic rings. The Hall–Kier alpha value is -3.38. The first-order valence-corrected chi connectivity index (χ1v) is 10.8. The molecule has 5 nitrogen and oxygen atoms in total. The molecule has 0 amide bonds. The Kier molecular flexibility index (Phi) is 4.64. The lowest BCUT2D eigenvalue weighted by Gasteiger charge is -2.15. The van der Waals surface area contributed by atoms with E-state index in [1.165, 1.54) is 5.56 Å². The molecule has 0 aliphatic carbocycles. The molecule has 0 fully saturated rings. The molecule has 0 spiro atoms. The molecular formula is C24H20N4OS. The van der Waals surface area contributed by atoms with Gasteiger partial charge in [-0.15, -0.1) is 10.2 Å². The van der Waals surface area contributed by atoms with E-state index >= 15 is 0 Å². The Morgan fingerprint density at radius 3 is 2.30 bits per heavy atom. The van der Waals surface area contributed by atoms with Crippen molar-refractivity contribution < 1.29 is 0 Å². The van der Waals surface area contributed by atoms with Crippen LogP contribution in [-0.4, -0.2) is 19.2 Å². The molecular weight excluding hydrogens is 392 g/mol. The highest BCUT2D eigenvalue weighted by molar-refractivity contribution is 7.98. The molecule has 0 atom stereocenters. The third kappa shape index (κ3) is 3.00. The number of fused-ring (bicyclic) bond motifs is 3. The summed E-state index contributed by atoms with van der Waals surface area (Å²) in [5.74, 6) is 1.31. The summed E-state index contributed by atoms with van der Waals surface area (Å²) in [6.07, 6.45) is 0. The van der Waals surface area contributed by atoms with Crippen LogP contribution in [0.25, 0.3) is 22.4 Å². The summed E-state index contributed by atoms with van der Waals surface area (Å²) in [7, 11) is 0. The fourth-order valence-corrected chi connectivity index (χ4v) is 4.75. The molecule has 0 N–H and O–H groups in total. The molecule has 0 aliphatic heterocycles. The van der Waals surface area contributed by atoms with Gasteiger partial charge >= 0.3 is 0 Å². The molecule has 0 bridgehead atoms. The van der Waals surface area contributed by atoms with Gasteiger partial charge in [0.1, 0.15) is 0 Å². The van der Waals surface area contributed by atoms with E-state index in [-0.39, 0.29) is 5.56 Å². The second kappa shape index (κ2) is 7.46. The van der Waals surface area contributed by atoms with Crippen molar-refractivity contribution >= 4 is 28.4 Å². The summed E-state index contributed by atoms with van der Waals surface area (Å²) in [6, 6.07) is 24.0. The van der Waals surface area contributed by atoms with Crippen molar-refractivity contribution in [1.82, 2.24) is 19.2 Å². The summed E-state index contributed by atoms with van der Waals surface area (Å²) < 4.78 is 3.70. The molecule has 148 valence electrons. The fourth-order valence-electron chi connectivity index (χ4n) is 3.85. The third-order valence-electron chi connectivity index (χ3n) is 5.27. The van der Waals surface area contributed by atoms with Crippen molar-refractivity contribution in [1.29, 1.82) is 0 Å². The summed E-state index contributed by atoms with van der Waals surface area (Å²) in [5.41, 5.74) is 4.87. The molecule has 0 saturated heterocycles. The SMILES string of the molecule is Cc1cccc(C)c1-n1c(=O)c2ccccc2n2c(SCc3ccccc3)nnc12. The largest absolute Gasteiger partial charge is 0.268 e. The first-order valence-electron chi connectivity index (χ1n) is 9.77. The van der Waals surface area contributed by atoms with Gasteiger partial charge in [0.05, 0.1) is 16.6 Å². The van der Waals surface area contributed by atoms with E-state index in [9.17, 15) is 4.79 Å². The normalized spacial score (nSPS) is 11.4. The monoisotopic (exact) mass is 412 g/mol. The molecule has 3 aromatic carbocycles. The van der Waals surface area contributed by atoms with Crippen molar-refractivity contribution in [2.45, 2.75) is 24.8 Å². The molecule has 0 radical (unpaired) electrons. The van der Waals surface area contributed by atoms with E-state index in [4.69, 9.17) is 0 Å². The van der Waals surface area contributed by atoms with Crippen LogP contribution in [0.3, 0.4) is 0 Å². The fraction of sp³-hybridized carbons (Fsp3) is 0.125. The Morgan fingerprint density at radius 1 is 0.833 bits per heavy atom. The first kappa shape index (κ1) is 18.6. The lowest BCUT2D eigenvalue weighted by atomic mass is 10.1. The topological polar surface area (TPSA) is 52.2 Å². The van der Waals surface area contributed by atoms with Crippen LogP contribution in [0.2, 0.25) is 0 Å². The minimum atomic E-state index is -0.0810. The quantitative estimate of drug-likeness (QED) is 0.392. The van der Waals surface area contributed by atoms with Crippen molar-refractivity contribution in [2.24, 2.45) is 0 Å². The number of thioether (sulfide) groups is 1. The molecule has 0 unspecified atom stereocenters. The van der Waals surface area contributed by atoms with Crippen LogP contribution < -0.4 is 5.56 Å². The Morgan fingerprint density at radius 2 is 1.53 bits per heavy atom. The summed E-state index contributed by atoms with van der Waals surface area (Å²) in [4.78, 5) is 13.5. The summed E-state index contributed by atoms with van der Waals surface area (Å²) >= 11 is 1.62. The average Bonchev–Trinajstić information content (AvgIpc) is 3.19. The first-order chi connectivity index (χ1) is 14.6. The van der Waals surface area contributed by atoms with Crippen LogP contribution >= 0.6 is 11.8 Å². The van der Waals surface area contributed by atoms with Gasteiger partial charge in [0.2, 0.25) is 5.78 Å². The highest BCUT2D eigenvalue weighted by Gasteiger charge is 2.19. The Labute approximate surface area is 178 Å². The average molecular weight is 413 g/mol. The number of hydrogen-bond acceptors (Lipinski definition) is 4. The van der Waals surface area contributed by atoms with E-state index in [2.05, 4.69) is 22.3 Å². The van der Waals surface area contributed by atoms with Gasteiger partial charge < -0.3 is 0 Å². The van der Waals surface area contributed by atoms with Crippen LogP contribution in [0, 0.1) is 13.8 Å². The Bertz CT molecular complexity index is 1420. The standard InChI is InChI=1S/C24H20N4OS/c1-16-9-8-10-17(2)21(16)28-22(29)19-13-6-7-14-20(19)27-23(28)25-26-24(27)30-15-18-11-4-3-5-12-18/h3-14H,15H2,1-2H3. The van der Waals surface area contributed by atoms with Gasteiger partial charge in [-0.2, -0.15) is 0 Å². The third-order valence-corrected chi connectivity index (χ3v) is 6.27. The number of para-hydroxylation sites is 2. The minimum absolute atomic E-state index is 0.0810. The number of aromatic nitrogens is 4. The van der Waals surface area contributed by atoms with E-state index in [1.807, 2.05) is 78.9 Å². The van der Waals surface area contributed by atoms with Gasteiger partial charge in [0.15, 0.2) is 5.16 Å². The van der Waals surface area contributed by atoms with Gasteiger partial charge in [0.25, 0.3) is 5.56 Å². The molecule has 30 heavy (non-hydrogen) atoms. The maximum absolute atomic E-state index is 13.5. The van der Waals surface area contributed by atoms with Gasteiger partial charge in [-0.1, -0.05) is 72.4 Å². The van der Waals surface area contributed by atoms with Crippen molar-refractivity contribution in [2.75, 3.05) is 0 Å². The van der Waals surface area contributed by atoms with Gasteiger partial charge in [-0.3, -0.25) is 9.20 Å². The number of aryl methyl sites for hydroxylation is 2. The molecule has 0 aliphatic rings. The predicted octanol–water partition coefficient (Wildman–Crippen LogP) is 4.94. The van der Waals surface area contributed by atoms with Crippen molar-refractivity contribution in [3.05, 3.63) is 99.8 Å². The summed E-state index contributed by atoms with van der Waals surface area (Å²) in [5, 5.41) is 10.3. The second-order valence-corrected chi connectivity index (χ2v) is 8.23. The van der Waals surface area contributed by atoms with Gasteiger partial charge in [-0.25, -0.2) is 4.57 Å². The van der Waals surface area contributed by atoms with Crippen LogP contribution in [0.4, 0.5) is 0 Å². The lowest BCUT2D eigenvalue weighted by Crippen LogP contribution is -2.23. The highest BCUT2D eigenvalue weighted by Crippen LogP contribution is 2.27. The molecule has 2 aromatic heterocycles. The van der Waals surface area contributed by atoms with Crippen LogP contribution in [0.15, 0.2) is 82.7 Å². The zero-order valence-corrected chi connectivity index (χ0v) is 17.6. The second-order valence-electron chi connectivity index (χ2n) is 7.29. The number of hydrogen-bond donors (Lipinski definition) is 0. The van der Waals surface area contributed by atoms with E-state index < -0.39 is 0 Å². The smallest absolute Gasteiger partial charge is 0.267 e. The molecule has 2 heterocycles. The van der Waals surface area contributed by atoms with Gasteiger partial charge in [0, 0.05) is 5.75 Å². The highest BCUT2D eigenvalue weighted by atomic mass is 32.2. The van der Waals surface area contributed by atoms with E-state index in [0.29, 0.717) is 11.2 Å². The molecule has 6 heteroatoms. The van der Waals surface area contributed by atoms with Crippen LogP contribution in [0.5, 0.6) is 0 Å². The van der Waals surface area contributed by atoms with E-state index in [0.717, 1.165) is 33.2 Å². The van der Waals surface area contributed by atoms with Crippen LogP contribution in [-0.2, 0) is 5.75 Å². The van der Waals surface area contributed by atoms with E-state index in [1.54, 1.807) is 16.3 Å². The van der Waals surface area contributed by atoms with Crippen molar-refractivity contribution in [3.63, 3.8) is 0 Å². The van der Waals surface area contributed by atoms with Gasteiger partial charge in [-0.05, 0) is 42.7 Å². The number of nitrogens with zero attached hydrogens (tertiary/aromatic N) is 4. The van der Waals surface area contributed by atoms with Crippen molar-refractivity contribution in [3.8, 4) is 5.69 Å².